The average molecular weight is 256 g/mol. The van der Waals surface area contributed by atoms with Crippen LogP contribution in [0.4, 0.5) is 0 Å². The summed E-state index contributed by atoms with van der Waals surface area (Å²) in [6.45, 7) is 6.12. The first-order valence-corrected chi connectivity index (χ1v) is 7.64. The molecule has 2 nitrogen and oxygen atoms in total. The third-order valence-corrected chi connectivity index (χ3v) is 4.66. The number of nitrogens with zero attached hydrogens (tertiary/aromatic N) is 1. The maximum Gasteiger partial charge on any atom is 0.0456 e. The lowest BCUT2D eigenvalue weighted by Gasteiger charge is -2.31. The van der Waals surface area contributed by atoms with E-state index in [2.05, 4.69) is 47.3 Å². The van der Waals surface area contributed by atoms with Gasteiger partial charge >= 0.3 is 0 Å². The second-order valence-electron chi connectivity index (χ2n) is 5.80. The molecule has 0 spiro atoms. The number of aromatic nitrogens is 1. The van der Waals surface area contributed by atoms with Crippen LogP contribution in [-0.2, 0) is 6.42 Å². The van der Waals surface area contributed by atoms with E-state index in [4.69, 9.17) is 0 Å². The Kier molecular flexibility index (Phi) is 3.88. The molecule has 1 N–H and O–H groups in total. The number of aromatic amines is 1. The van der Waals surface area contributed by atoms with Crippen molar-refractivity contribution in [2.24, 2.45) is 5.92 Å². The van der Waals surface area contributed by atoms with Gasteiger partial charge in [-0.1, -0.05) is 31.5 Å². The number of para-hydroxylation sites is 1. The van der Waals surface area contributed by atoms with Gasteiger partial charge < -0.3 is 9.88 Å². The van der Waals surface area contributed by atoms with Gasteiger partial charge in [-0.25, -0.2) is 0 Å². The van der Waals surface area contributed by atoms with Crippen LogP contribution in [-0.4, -0.2) is 29.5 Å². The monoisotopic (exact) mass is 256 g/mol. The summed E-state index contributed by atoms with van der Waals surface area (Å²) in [6.07, 6.45) is 7.50. The first-order chi connectivity index (χ1) is 9.36. The van der Waals surface area contributed by atoms with E-state index in [0.717, 1.165) is 5.92 Å². The summed E-state index contributed by atoms with van der Waals surface area (Å²) in [5.74, 6) is 0.976. The van der Waals surface area contributed by atoms with E-state index >= 15 is 0 Å². The largest absolute Gasteiger partial charge is 0.361 e. The lowest BCUT2D eigenvalue weighted by Crippen LogP contribution is -2.34. The van der Waals surface area contributed by atoms with E-state index in [1.165, 1.54) is 61.8 Å². The number of fused-ring (bicyclic) bond motifs is 1. The van der Waals surface area contributed by atoms with Crippen molar-refractivity contribution in [1.82, 2.24) is 9.88 Å². The van der Waals surface area contributed by atoms with Crippen molar-refractivity contribution in [3.05, 3.63) is 36.0 Å². The van der Waals surface area contributed by atoms with Crippen LogP contribution < -0.4 is 0 Å². The normalized spacial score (nSPS) is 18.2. The third-order valence-electron chi connectivity index (χ3n) is 4.66. The van der Waals surface area contributed by atoms with Gasteiger partial charge in [0.2, 0.25) is 0 Å². The van der Waals surface area contributed by atoms with Crippen LogP contribution in [0.3, 0.4) is 0 Å². The van der Waals surface area contributed by atoms with Gasteiger partial charge in [0.15, 0.2) is 0 Å². The van der Waals surface area contributed by atoms with Gasteiger partial charge in [-0.05, 0) is 49.9 Å². The second-order valence-corrected chi connectivity index (χ2v) is 5.80. The highest BCUT2D eigenvalue weighted by Crippen LogP contribution is 2.22. The van der Waals surface area contributed by atoms with Crippen LogP contribution in [0, 0.1) is 5.92 Å². The molecule has 0 saturated carbocycles. The minimum absolute atomic E-state index is 0.976. The van der Waals surface area contributed by atoms with Gasteiger partial charge in [0.05, 0.1) is 0 Å². The zero-order chi connectivity index (χ0) is 13.1. The van der Waals surface area contributed by atoms with Crippen molar-refractivity contribution in [1.29, 1.82) is 0 Å². The molecule has 1 fully saturated rings. The molecule has 2 heteroatoms. The van der Waals surface area contributed by atoms with E-state index in [0.29, 0.717) is 0 Å². The molecule has 2 aromatic rings. The fourth-order valence-corrected chi connectivity index (χ4v) is 3.24. The fraction of sp³-hybridized carbons (Fsp3) is 0.529. The second kappa shape index (κ2) is 5.79. The molecule has 3 rings (SSSR count). The van der Waals surface area contributed by atoms with Gasteiger partial charge in [-0.15, -0.1) is 0 Å². The minimum Gasteiger partial charge on any atom is -0.361 e. The molecule has 1 aromatic carbocycles. The zero-order valence-corrected chi connectivity index (χ0v) is 11.9. The number of piperidine rings is 1. The molecule has 2 heterocycles. The van der Waals surface area contributed by atoms with Crippen molar-refractivity contribution in [2.75, 3.05) is 19.6 Å². The fourth-order valence-electron chi connectivity index (χ4n) is 3.24. The number of hydrogen-bond donors (Lipinski definition) is 1. The topological polar surface area (TPSA) is 19.0 Å². The molecule has 1 saturated heterocycles. The molecule has 0 atom stereocenters. The molecule has 0 aliphatic carbocycles. The lowest BCUT2D eigenvalue weighted by atomic mass is 9.94. The molecule has 0 unspecified atom stereocenters. The highest BCUT2D eigenvalue weighted by molar-refractivity contribution is 5.83. The molecule has 0 radical (unpaired) electrons. The van der Waals surface area contributed by atoms with Crippen molar-refractivity contribution in [2.45, 2.75) is 32.6 Å². The first-order valence-electron chi connectivity index (χ1n) is 7.64. The quantitative estimate of drug-likeness (QED) is 0.880. The van der Waals surface area contributed by atoms with Crippen molar-refractivity contribution >= 4 is 10.9 Å². The highest BCUT2D eigenvalue weighted by Gasteiger charge is 2.17. The van der Waals surface area contributed by atoms with E-state index in [1.54, 1.807) is 0 Å². The Labute approximate surface area is 115 Å². The van der Waals surface area contributed by atoms with E-state index in [1.807, 2.05) is 0 Å². The first kappa shape index (κ1) is 12.7. The number of benzene rings is 1. The van der Waals surface area contributed by atoms with Crippen LogP contribution >= 0.6 is 0 Å². The van der Waals surface area contributed by atoms with Crippen LogP contribution in [0.15, 0.2) is 30.5 Å². The summed E-state index contributed by atoms with van der Waals surface area (Å²) in [4.78, 5) is 6.01. The molecule has 0 amide bonds. The van der Waals surface area contributed by atoms with Crippen LogP contribution in [0.25, 0.3) is 10.9 Å². The maximum absolute atomic E-state index is 3.37. The molecule has 102 valence electrons. The average Bonchev–Trinajstić information content (AvgIpc) is 2.89. The number of hydrogen-bond acceptors (Lipinski definition) is 1. The zero-order valence-electron chi connectivity index (χ0n) is 11.9. The Hall–Kier alpha value is -1.28. The van der Waals surface area contributed by atoms with Crippen molar-refractivity contribution in [3.8, 4) is 0 Å². The maximum atomic E-state index is 3.37. The molecule has 1 aliphatic heterocycles. The van der Waals surface area contributed by atoms with Gasteiger partial charge in [0, 0.05) is 23.6 Å². The molecule has 1 aromatic heterocycles. The van der Waals surface area contributed by atoms with Crippen molar-refractivity contribution < 1.29 is 0 Å². The van der Waals surface area contributed by atoms with Gasteiger partial charge in [-0.2, -0.15) is 0 Å². The number of likely N-dealkylation sites (tertiary alicyclic amines) is 1. The van der Waals surface area contributed by atoms with Crippen LogP contribution in [0.5, 0.6) is 0 Å². The van der Waals surface area contributed by atoms with Gasteiger partial charge in [0.1, 0.15) is 0 Å². The molecular formula is C17H24N2. The predicted octanol–water partition coefficient (Wildman–Crippen LogP) is 3.83. The summed E-state index contributed by atoms with van der Waals surface area (Å²) in [5, 5.41) is 1.39. The summed E-state index contributed by atoms with van der Waals surface area (Å²) in [5.41, 5.74) is 2.73. The predicted molar refractivity (Wildman–Crippen MR) is 81.5 cm³/mol. The summed E-state index contributed by atoms with van der Waals surface area (Å²) in [7, 11) is 0. The lowest BCUT2D eigenvalue weighted by molar-refractivity contribution is 0.184. The molecule has 0 bridgehead atoms. The summed E-state index contributed by atoms with van der Waals surface area (Å²) < 4.78 is 0. The van der Waals surface area contributed by atoms with Gasteiger partial charge in [0.25, 0.3) is 0 Å². The highest BCUT2D eigenvalue weighted by atomic mass is 15.1. The minimum atomic E-state index is 0.976. The molecular weight excluding hydrogens is 232 g/mol. The Morgan fingerprint density at radius 1 is 1.21 bits per heavy atom. The SMILES string of the molecule is CCC1CCN(CCc2c[nH]c3ccccc23)CC1. The Morgan fingerprint density at radius 3 is 2.79 bits per heavy atom. The van der Waals surface area contributed by atoms with Crippen LogP contribution in [0.1, 0.15) is 31.7 Å². The number of rotatable bonds is 4. The van der Waals surface area contributed by atoms with E-state index < -0.39 is 0 Å². The molecule has 19 heavy (non-hydrogen) atoms. The number of H-pyrrole nitrogens is 1. The smallest absolute Gasteiger partial charge is 0.0456 e. The van der Waals surface area contributed by atoms with Gasteiger partial charge in [-0.3, -0.25) is 0 Å². The summed E-state index contributed by atoms with van der Waals surface area (Å²) in [6, 6.07) is 8.61. The Bertz CT molecular complexity index is 521. The molecule has 1 aliphatic rings. The number of nitrogens with one attached hydrogen (secondary N) is 1. The standard InChI is InChI=1S/C17H24N2/c1-2-14-7-10-19(11-8-14)12-9-15-13-18-17-6-4-3-5-16(15)17/h3-6,13-14,18H,2,7-12H2,1H3. The Balaban J connectivity index is 1.58. The van der Waals surface area contributed by atoms with E-state index in [-0.39, 0.29) is 0 Å². The van der Waals surface area contributed by atoms with Crippen molar-refractivity contribution in [3.63, 3.8) is 0 Å². The van der Waals surface area contributed by atoms with Crippen LogP contribution in [0.2, 0.25) is 0 Å². The van der Waals surface area contributed by atoms with E-state index in [9.17, 15) is 0 Å². The third kappa shape index (κ3) is 2.84. The Morgan fingerprint density at radius 2 is 2.00 bits per heavy atom. The summed E-state index contributed by atoms with van der Waals surface area (Å²) >= 11 is 0.